The van der Waals surface area contributed by atoms with E-state index in [9.17, 15) is 14.4 Å². The molecule has 1 aromatic heterocycles. The SMILES string of the molecule is N#Cc1cc(N)c(Cc2ccc(Cl)cc2)n1CC(=O)Nc1ccccc1F. The molecule has 1 heterocycles. The normalized spacial score (nSPS) is 10.4. The number of nitrogens with two attached hydrogens (primary N) is 1. The molecule has 136 valence electrons. The molecule has 7 heteroatoms. The van der Waals surface area contributed by atoms with Gasteiger partial charge in [-0.1, -0.05) is 35.9 Å². The molecular weight excluding hydrogens is 367 g/mol. The zero-order valence-corrected chi connectivity index (χ0v) is 15.0. The minimum atomic E-state index is -0.528. The van der Waals surface area contributed by atoms with Gasteiger partial charge < -0.3 is 15.6 Å². The minimum absolute atomic E-state index is 0.0837. The second-order valence-corrected chi connectivity index (χ2v) is 6.40. The van der Waals surface area contributed by atoms with Crippen molar-refractivity contribution < 1.29 is 9.18 Å². The molecule has 0 fully saturated rings. The number of nitriles is 1. The first kappa shape index (κ1) is 18.5. The summed E-state index contributed by atoms with van der Waals surface area (Å²) in [6.45, 7) is -0.155. The third-order valence-electron chi connectivity index (χ3n) is 4.09. The van der Waals surface area contributed by atoms with E-state index < -0.39 is 11.7 Å². The van der Waals surface area contributed by atoms with Crippen LogP contribution in [0, 0.1) is 17.1 Å². The number of amides is 1. The van der Waals surface area contributed by atoms with Gasteiger partial charge in [0.2, 0.25) is 5.91 Å². The van der Waals surface area contributed by atoms with Gasteiger partial charge in [0.25, 0.3) is 0 Å². The van der Waals surface area contributed by atoms with Crippen LogP contribution >= 0.6 is 11.6 Å². The molecule has 0 aliphatic heterocycles. The number of para-hydroxylation sites is 1. The molecule has 2 aromatic carbocycles. The number of carbonyl (C=O) groups is 1. The topological polar surface area (TPSA) is 83.8 Å². The maximum Gasteiger partial charge on any atom is 0.244 e. The van der Waals surface area contributed by atoms with E-state index in [2.05, 4.69) is 5.32 Å². The Labute approximate surface area is 160 Å². The molecule has 0 aliphatic carbocycles. The number of carbonyl (C=O) groups excluding carboxylic acids is 1. The fourth-order valence-electron chi connectivity index (χ4n) is 2.77. The molecule has 0 unspecified atom stereocenters. The van der Waals surface area contributed by atoms with Gasteiger partial charge in [0.05, 0.1) is 11.4 Å². The number of benzene rings is 2. The molecule has 5 nitrogen and oxygen atoms in total. The Hall–Kier alpha value is -3.30. The van der Waals surface area contributed by atoms with Crippen molar-refractivity contribution in [1.82, 2.24) is 4.57 Å². The molecule has 0 saturated heterocycles. The number of anilines is 2. The molecule has 0 spiro atoms. The van der Waals surface area contributed by atoms with E-state index in [-0.39, 0.29) is 17.9 Å². The number of halogens is 2. The van der Waals surface area contributed by atoms with E-state index >= 15 is 0 Å². The number of nitrogens with zero attached hydrogens (tertiary/aromatic N) is 2. The van der Waals surface area contributed by atoms with Gasteiger partial charge in [-0.3, -0.25) is 4.79 Å². The predicted molar refractivity (Wildman–Crippen MR) is 103 cm³/mol. The summed E-state index contributed by atoms with van der Waals surface area (Å²) in [7, 11) is 0. The van der Waals surface area contributed by atoms with Gasteiger partial charge in [0, 0.05) is 17.1 Å². The highest BCUT2D eigenvalue weighted by Crippen LogP contribution is 2.23. The van der Waals surface area contributed by atoms with Crippen LogP contribution < -0.4 is 11.1 Å². The number of aromatic nitrogens is 1. The van der Waals surface area contributed by atoms with Crippen molar-refractivity contribution >= 4 is 28.9 Å². The van der Waals surface area contributed by atoms with Gasteiger partial charge in [-0.25, -0.2) is 4.39 Å². The molecule has 0 radical (unpaired) electrons. The summed E-state index contributed by atoms with van der Waals surface area (Å²) in [6, 6.07) is 16.7. The molecular formula is C20H16ClFN4O. The van der Waals surface area contributed by atoms with Gasteiger partial charge in [0.1, 0.15) is 24.1 Å². The summed E-state index contributed by atoms with van der Waals surface area (Å²) in [4.78, 5) is 12.4. The quantitative estimate of drug-likeness (QED) is 0.700. The molecule has 0 saturated carbocycles. The second-order valence-electron chi connectivity index (χ2n) is 5.96. The fraction of sp³-hybridized carbons (Fsp3) is 0.100. The summed E-state index contributed by atoms with van der Waals surface area (Å²) in [5.41, 5.74) is 8.39. The van der Waals surface area contributed by atoms with Crippen LogP contribution in [0.4, 0.5) is 15.8 Å². The van der Waals surface area contributed by atoms with Gasteiger partial charge in [-0.05, 0) is 35.9 Å². The van der Waals surface area contributed by atoms with Crippen molar-refractivity contribution in [3.8, 4) is 6.07 Å². The Kier molecular flexibility index (Phi) is 5.43. The van der Waals surface area contributed by atoms with E-state index in [0.717, 1.165) is 5.56 Å². The summed E-state index contributed by atoms with van der Waals surface area (Å²) in [5, 5.41) is 12.5. The molecule has 27 heavy (non-hydrogen) atoms. The first-order chi connectivity index (χ1) is 13.0. The molecule has 3 N–H and O–H groups in total. The van der Waals surface area contributed by atoms with Crippen molar-refractivity contribution in [3.05, 3.63) is 82.4 Å². The highest BCUT2D eigenvalue weighted by Gasteiger charge is 2.17. The molecule has 0 atom stereocenters. The average molecular weight is 383 g/mol. The summed E-state index contributed by atoms with van der Waals surface area (Å²) in [6.07, 6.45) is 0.428. The number of rotatable bonds is 5. The van der Waals surface area contributed by atoms with Gasteiger partial charge in [0.15, 0.2) is 0 Å². The summed E-state index contributed by atoms with van der Waals surface area (Å²) in [5.74, 6) is -0.982. The smallest absolute Gasteiger partial charge is 0.244 e. The van der Waals surface area contributed by atoms with Crippen LogP contribution in [-0.4, -0.2) is 10.5 Å². The highest BCUT2D eigenvalue weighted by atomic mass is 35.5. The van der Waals surface area contributed by atoms with Crippen LogP contribution in [0.2, 0.25) is 5.02 Å². The molecule has 3 rings (SSSR count). The van der Waals surface area contributed by atoms with Crippen LogP contribution in [0.1, 0.15) is 17.0 Å². The van der Waals surface area contributed by atoms with Crippen LogP contribution in [0.5, 0.6) is 0 Å². The van der Waals surface area contributed by atoms with Gasteiger partial charge in [-0.2, -0.15) is 5.26 Å². The summed E-state index contributed by atoms with van der Waals surface area (Å²) < 4.78 is 15.3. The monoisotopic (exact) mass is 382 g/mol. The van der Waals surface area contributed by atoms with Crippen molar-refractivity contribution in [2.24, 2.45) is 0 Å². The number of nitrogens with one attached hydrogen (secondary N) is 1. The summed E-state index contributed by atoms with van der Waals surface area (Å²) >= 11 is 5.91. The maximum atomic E-state index is 13.7. The Morgan fingerprint density at radius 1 is 1.22 bits per heavy atom. The van der Waals surface area contributed by atoms with Crippen LogP contribution in [0.25, 0.3) is 0 Å². The lowest BCUT2D eigenvalue weighted by Crippen LogP contribution is -2.21. The van der Waals surface area contributed by atoms with Gasteiger partial charge in [-0.15, -0.1) is 0 Å². The largest absolute Gasteiger partial charge is 0.397 e. The lowest BCUT2D eigenvalue weighted by atomic mass is 10.1. The van der Waals surface area contributed by atoms with Crippen molar-refractivity contribution in [2.75, 3.05) is 11.1 Å². The van der Waals surface area contributed by atoms with E-state index in [4.69, 9.17) is 17.3 Å². The Balaban J connectivity index is 1.85. The molecule has 0 bridgehead atoms. The maximum absolute atomic E-state index is 13.7. The molecule has 0 aliphatic rings. The van der Waals surface area contributed by atoms with E-state index in [1.165, 1.54) is 24.3 Å². The number of hydrogen-bond acceptors (Lipinski definition) is 3. The number of hydrogen-bond donors (Lipinski definition) is 2. The third kappa shape index (κ3) is 4.27. The highest BCUT2D eigenvalue weighted by molar-refractivity contribution is 6.30. The Morgan fingerprint density at radius 3 is 2.59 bits per heavy atom. The zero-order chi connectivity index (χ0) is 19.4. The van der Waals surface area contributed by atoms with Crippen molar-refractivity contribution in [3.63, 3.8) is 0 Å². The van der Waals surface area contributed by atoms with Crippen LogP contribution in [0.15, 0.2) is 54.6 Å². The standard InChI is InChI=1S/C20H16ClFN4O/c21-14-7-5-13(6-8-14)9-19-17(24)10-15(11-23)26(19)12-20(27)25-18-4-2-1-3-16(18)22/h1-8,10H,9,12,24H2,(H,25,27). The Bertz CT molecular complexity index is 1020. The van der Waals surface area contributed by atoms with Crippen molar-refractivity contribution in [1.29, 1.82) is 5.26 Å². The Morgan fingerprint density at radius 2 is 1.93 bits per heavy atom. The predicted octanol–water partition coefficient (Wildman–Crippen LogP) is 3.96. The van der Waals surface area contributed by atoms with E-state index in [0.29, 0.717) is 22.8 Å². The van der Waals surface area contributed by atoms with Crippen LogP contribution in [-0.2, 0) is 17.8 Å². The third-order valence-corrected chi connectivity index (χ3v) is 4.34. The van der Waals surface area contributed by atoms with E-state index in [1.807, 2.05) is 18.2 Å². The molecule has 1 amide bonds. The minimum Gasteiger partial charge on any atom is -0.397 e. The number of nitrogen functional groups attached to an aromatic ring is 1. The second kappa shape index (κ2) is 7.94. The fourth-order valence-corrected chi connectivity index (χ4v) is 2.90. The van der Waals surface area contributed by atoms with E-state index in [1.54, 1.807) is 22.8 Å². The average Bonchev–Trinajstić information content (AvgIpc) is 2.94. The van der Waals surface area contributed by atoms with Crippen molar-refractivity contribution in [2.45, 2.75) is 13.0 Å². The molecule has 3 aromatic rings. The zero-order valence-electron chi connectivity index (χ0n) is 14.2. The van der Waals surface area contributed by atoms with Crippen LogP contribution in [0.3, 0.4) is 0 Å². The first-order valence-electron chi connectivity index (χ1n) is 8.14. The first-order valence-corrected chi connectivity index (χ1v) is 8.52. The van der Waals surface area contributed by atoms with Gasteiger partial charge >= 0.3 is 0 Å². The lowest BCUT2D eigenvalue weighted by Gasteiger charge is -2.12. The lowest BCUT2D eigenvalue weighted by molar-refractivity contribution is -0.116.